The molecule has 0 aromatic carbocycles. The Morgan fingerprint density at radius 3 is 2.47 bits per heavy atom. The Bertz CT molecular complexity index is 263. The molecule has 0 bridgehead atoms. The minimum atomic E-state index is 0.564. The van der Waals surface area contributed by atoms with Gasteiger partial charge in [-0.15, -0.1) is 0 Å². The van der Waals surface area contributed by atoms with E-state index in [2.05, 4.69) is 39.7 Å². The molecule has 1 heterocycles. The third-order valence-electron chi connectivity index (χ3n) is 5.23. The van der Waals surface area contributed by atoms with Crippen LogP contribution in [0.25, 0.3) is 0 Å². The molecule has 1 saturated carbocycles. The number of likely N-dealkylation sites (N-methyl/N-ethyl adjacent to an activating group) is 1. The Balaban J connectivity index is 2.01. The normalized spacial score (nSPS) is 30.2. The van der Waals surface area contributed by atoms with E-state index >= 15 is 0 Å². The summed E-state index contributed by atoms with van der Waals surface area (Å²) in [5, 5.41) is 1.20. The average molecular weight is 331 g/mol. The fourth-order valence-corrected chi connectivity index (χ4v) is 4.69. The van der Waals surface area contributed by atoms with E-state index in [0.717, 1.165) is 6.04 Å². The SMILES string of the molecule is CCC1CN(C)CCCN1CC1(CBr)CCCCC1. The summed E-state index contributed by atoms with van der Waals surface area (Å²) in [5.41, 5.74) is 0.564. The highest BCUT2D eigenvalue weighted by Crippen LogP contribution is 2.39. The Morgan fingerprint density at radius 2 is 1.84 bits per heavy atom. The van der Waals surface area contributed by atoms with Crippen LogP contribution in [0.5, 0.6) is 0 Å². The van der Waals surface area contributed by atoms with Crippen LogP contribution in [0.1, 0.15) is 51.9 Å². The summed E-state index contributed by atoms with van der Waals surface area (Å²) in [6.07, 6.45) is 9.83. The van der Waals surface area contributed by atoms with Crippen LogP contribution in [0, 0.1) is 5.41 Å². The van der Waals surface area contributed by atoms with Crippen LogP contribution >= 0.6 is 15.9 Å². The lowest BCUT2D eigenvalue weighted by atomic mass is 9.75. The van der Waals surface area contributed by atoms with Gasteiger partial charge in [0.05, 0.1) is 0 Å². The lowest BCUT2D eigenvalue weighted by Crippen LogP contribution is -2.47. The van der Waals surface area contributed by atoms with E-state index in [1.165, 1.54) is 76.5 Å². The fourth-order valence-electron chi connectivity index (χ4n) is 3.95. The summed E-state index contributed by atoms with van der Waals surface area (Å²) in [6.45, 7) is 7.52. The molecule has 0 N–H and O–H groups in total. The summed E-state index contributed by atoms with van der Waals surface area (Å²) in [5.74, 6) is 0. The maximum atomic E-state index is 3.83. The largest absolute Gasteiger partial charge is 0.305 e. The molecule has 0 aromatic rings. The van der Waals surface area contributed by atoms with Crippen molar-refractivity contribution in [3.63, 3.8) is 0 Å². The highest BCUT2D eigenvalue weighted by molar-refractivity contribution is 9.09. The van der Waals surface area contributed by atoms with Gasteiger partial charge in [-0.05, 0) is 51.2 Å². The highest BCUT2D eigenvalue weighted by Gasteiger charge is 2.35. The van der Waals surface area contributed by atoms with Gasteiger partial charge in [0.15, 0.2) is 0 Å². The van der Waals surface area contributed by atoms with E-state index in [-0.39, 0.29) is 0 Å². The van der Waals surface area contributed by atoms with Crippen molar-refractivity contribution in [2.24, 2.45) is 5.41 Å². The number of hydrogen-bond acceptors (Lipinski definition) is 2. The first-order valence-electron chi connectivity index (χ1n) is 8.18. The van der Waals surface area contributed by atoms with Gasteiger partial charge in [0.1, 0.15) is 0 Å². The first kappa shape index (κ1) is 15.8. The summed E-state index contributed by atoms with van der Waals surface area (Å²) in [7, 11) is 2.28. The van der Waals surface area contributed by atoms with Crippen LogP contribution in [-0.2, 0) is 0 Å². The van der Waals surface area contributed by atoms with Crippen molar-refractivity contribution in [1.82, 2.24) is 9.80 Å². The molecule has 1 saturated heterocycles. The minimum Gasteiger partial charge on any atom is -0.305 e. The van der Waals surface area contributed by atoms with E-state index in [4.69, 9.17) is 0 Å². The second kappa shape index (κ2) is 7.42. The van der Waals surface area contributed by atoms with Gasteiger partial charge < -0.3 is 4.90 Å². The van der Waals surface area contributed by atoms with Gasteiger partial charge in [0.25, 0.3) is 0 Å². The third-order valence-corrected chi connectivity index (χ3v) is 6.42. The van der Waals surface area contributed by atoms with Gasteiger partial charge >= 0.3 is 0 Å². The average Bonchev–Trinajstić information content (AvgIpc) is 2.61. The van der Waals surface area contributed by atoms with Crippen LogP contribution in [0.3, 0.4) is 0 Å². The molecule has 19 heavy (non-hydrogen) atoms. The van der Waals surface area contributed by atoms with E-state index < -0.39 is 0 Å². The van der Waals surface area contributed by atoms with Crippen LogP contribution in [0.2, 0.25) is 0 Å². The molecule has 1 atom stereocenters. The number of halogens is 1. The lowest BCUT2D eigenvalue weighted by molar-refractivity contribution is 0.0912. The molecule has 0 spiro atoms. The quantitative estimate of drug-likeness (QED) is 0.724. The van der Waals surface area contributed by atoms with Crippen molar-refractivity contribution < 1.29 is 0 Å². The third kappa shape index (κ3) is 4.18. The molecule has 112 valence electrons. The first-order chi connectivity index (χ1) is 9.19. The Hall–Kier alpha value is 0.400. The van der Waals surface area contributed by atoms with Gasteiger partial charge in [0.2, 0.25) is 0 Å². The topological polar surface area (TPSA) is 6.48 Å². The van der Waals surface area contributed by atoms with Crippen LogP contribution < -0.4 is 0 Å². The maximum Gasteiger partial charge on any atom is 0.0220 e. The molecule has 2 aliphatic rings. The molecule has 1 unspecified atom stereocenters. The van der Waals surface area contributed by atoms with Crippen molar-refractivity contribution in [3.05, 3.63) is 0 Å². The summed E-state index contributed by atoms with van der Waals surface area (Å²) in [6, 6.07) is 0.769. The number of hydrogen-bond donors (Lipinski definition) is 0. The zero-order valence-electron chi connectivity index (χ0n) is 12.8. The number of alkyl halides is 1. The predicted octanol–water partition coefficient (Wildman–Crippen LogP) is 3.75. The minimum absolute atomic E-state index is 0.564. The summed E-state index contributed by atoms with van der Waals surface area (Å²) >= 11 is 3.83. The molecule has 2 nitrogen and oxygen atoms in total. The Labute approximate surface area is 128 Å². The van der Waals surface area contributed by atoms with Crippen molar-refractivity contribution >= 4 is 15.9 Å². The van der Waals surface area contributed by atoms with Crippen LogP contribution in [0.15, 0.2) is 0 Å². The Kier molecular flexibility index (Phi) is 6.16. The van der Waals surface area contributed by atoms with Crippen molar-refractivity contribution in [2.75, 3.05) is 38.6 Å². The molecule has 0 aromatic heterocycles. The highest BCUT2D eigenvalue weighted by atomic mass is 79.9. The Morgan fingerprint density at radius 1 is 1.11 bits per heavy atom. The van der Waals surface area contributed by atoms with Crippen molar-refractivity contribution in [2.45, 2.75) is 57.9 Å². The zero-order valence-corrected chi connectivity index (χ0v) is 14.4. The molecule has 1 aliphatic carbocycles. The van der Waals surface area contributed by atoms with Gasteiger partial charge in [-0.3, -0.25) is 4.90 Å². The van der Waals surface area contributed by atoms with Crippen LogP contribution in [-0.4, -0.2) is 54.4 Å². The van der Waals surface area contributed by atoms with E-state index in [1.54, 1.807) is 0 Å². The molecule has 1 aliphatic heterocycles. The molecular weight excluding hydrogens is 300 g/mol. The summed E-state index contributed by atoms with van der Waals surface area (Å²) < 4.78 is 0. The van der Waals surface area contributed by atoms with Gasteiger partial charge in [-0.1, -0.05) is 42.1 Å². The zero-order chi connectivity index (χ0) is 13.7. The monoisotopic (exact) mass is 330 g/mol. The standard InChI is InChI=1S/C16H31BrN2/c1-3-15-12-18(2)10-7-11-19(15)14-16(13-17)8-5-4-6-9-16/h15H,3-14H2,1-2H3. The molecule has 2 rings (SSSR count). The van der Waals surface area contributed by atoms with Gasteiger partial charge in [-0.2, -0.15) is 0 Å². The second-order valence-corrected chi connectivity index (χ2v) is 7.40. The number of rotatable bonds is 4. The number of nitrogens with zero attached hydrogens (tertiary/aromatic N) is 2. The predicted molar refractivity (Wildman–Crippen MR) is 87.1 cm³/mol. The van der Waals surface area contributed by atoms with E-state index in [9.17, 15) is 0 Å². The maximum absolute atomic E-state index is 3.83. The second-order valence-electron chi connectivity index (χ2n) is 6.84. The van der Waals surface area contributed by atoms with E-state index in [1.807, 2.05) is 0 Å². The molecule has 0 radical (unpaired) electrons. The molecular formula is C16H31BrN2. The lowest BCUT2D eigenvalue weighted by Gasteiger charge is -2.42. The molecule has 2 fully saturated rings. The van der Waals surface area contributed by atoms with Crippen molar-refractivity contribution in [3.8, 4) is 0 Å². The smallest absolute Gasteiger partial charge is 0.0220 e. The summed E-state index contributed by atoms with van der Waals surface area (Å²) in [4.78, 5) is 5.34. The molecule has 0 amide bonds. The van der Waals surface area contributed by atoms with Gasteiger partial charge in [0, 0.05) is 24.5 Å². The van der Waals surface area contributed by atoms with E-state index in [0.29, 0.717) is 5.41 Å². The fraction of sp³-hybridized carbons (Fsp3) is 1.00. The first-order valence-corrected chi connectivity index (χ1v) is 9.30. The molecule has 3 heteroatoms. The van der Waals surface area contributed by atoms with Crippen molar-refractivity contribution in [1.29, 1.82) is 0 Å². The van der Waals surface area contributed by atoms with Crippen LogP contribution in [0.4, 0.5) is 0 Å². The van der Waals surface area contributed by atoms with Gasteiger partial charge in [-0.25, -0.2) is 0 Å².